The third kappa shape index (κ3) is 5.94. The molecular weight excluding hydrogens is 553 g/mol. The lowest BCUT2D eigenvalue weighted by Gasteiger charge is -2.19. The van der Waals surface area contributed by atoms with Gasteiger partial charge in [0.2, 0.25) is 0 Å². The van der Waals surface area contributed by atoms with E-state index in [-0.39, 0.29) is 34.7 Å². The van der Waals surface area contributed by atoms with Crippen LogP contribution >= 0.6 is 35.4 Å². The number of halogens is 2. The Kier molecular flexibility index (Phi) is 8.26. The Morgan fingerprint density at radius 1 is 1.08 bits per heavy atom. The number of methoxy groups -OCH3 is 1. The third-order valence-electron chi connectivity index (χ3n) is 5.54. The van der Waals surface area contributed by atoms with Crippen LogP contribution in [-0.4, -0.2) is 40.5 Å². The smallest absolute Gasteiger partial charge is 0.325 e. The summed E-state index contributed by atoms with van der Waals surface area (Å²) >= 11 is 17.9. The van der Waals surface area contributed by atoms with Gasteiger partial charge in [-0.1, -0.05) is 29.3 Å². The molecular formula is C26H19Cl2N3O6S. The van der Waals surface area contributed by atoms with Gasteiger partial charge in [-0.2, -0.15) is 0 Å². The van der Waals surface area contributed by atoms with E-state index in [1.54, 1.807) is 60.7 Å². The van der Waals surface area contributed by atoms with Gasteiger partial charge in [0, 0.05) is 17.2 Å². The maximum absolute atomic E-state index is 13.4. The highest BCUT2D eigenvalue weighted by atomic mass is 35.5. The number of amides is 1. The SMILES string of the molecule is COC(=O)CN1C(=S)N(c2ccc(Cl)cc2)C(=O)/C1=C/c1ccc(OCc2ccc([N+](=O)[O-])cc2)c(Cl)c1. The van der Waals surface area contributed by atoms with Crippen LogP contribution in [0.1, 0.15) is 11.1 Å². The fourth-order valence-electron chi connectivity index (χ4n) is 3.60. The molecule has 0 saturated carbocycles. The molecule has 9 nitrogen and oxygen atoms in total. The lowest BCUT2D eigenvalue weighted by molar-refractivity contribution is -0.384. The van der Waals surface area contributed by atoms with Gasteiger partial charge in [-0.3, -0.25) is 24.6 Å². The molecule has 1 saturated heterocycles. The largest absolute Gasteiger partial charge is 0.487 e. The second kappa shape index (κ2) is 11.6. The highest BCUT2D eigenvalue weighted by Crippen LogP contribution is 2.32. The predicted octanol–water partition coefficient (Wildman–Crippen LogP) is 5.63. The first-order chi connectivity index (χ1) is 18.2. The topological polar surface area (TPSA) is 102 Å². The minimum atomic E-state index is -0.572. The molecule has 3 aromatic rings. The Labute approximate surface area is 232 Å². The number of hydrogen-bond donors (Lipinski definition) is 0. The second-order valence-corrected chi connectivity index (χ2v) is 9.20. The summed E-state index contributed by atoms with van der Waals surface area (Å²) < 4.78 is 10.5. The summed E-state index contributed by atoms with van der Waals surface area (Å²) in [7, 11) is 1.25. The fourth-order valence-corrected chi connectivity index (χ4v) is 4.32. The average Bonchev–Trinajstić information content (AvgIpc) is 3.12. The lowest BCUT2D eigenvalue weighted by Crippen LogP contribution is -2.35. The molecule has 0 atom stereocenters. The van der Waals surface area contributed by atoms with Crippen LogP contribution in [0.2, 0.25) is 10.0 Å². The van der Waals surface area contributed by atoms with Crippen molar-refractivity contribution in [2.45, 2.75) is 6.61 Å². The Bertz CT molecular complexity index is 1440. The fraction of sp³-hybridized carbons (Fsp3) is 0.115. The molecule has 0 aliphatic carbocycles. The summed E-state index contributed by atoms with van der Waals surface area (Å²) in [4.78, 5) is 38.5. The highest BCUT2D eigenvalue weighted by molar-refractivity contribution is 7.80. The number of carbonyl (C=O) groups is 2. The van der Waals surface area contributed by atoms with Crippen molar-refractivity contribution >= 4 is 69.9 Å². The number of rotatable bonds is 8. The van der Waals surface area contributed by atoms with Gasteiger partial charge in [-0.25, -0.2) is 0 Å². The first kappa shape index (κ1) is 27.1. The molecule has 0 bridgehead atoms. The standard InChI is InChI=1S/C26H19Cl2N3O6S/c1-36-24(32)14-29-22(25(33)30(26(29)38)19-9-5-18(27)6-10-19)13-17-4-11-23(21(28)12-17)37-15-16-2-7-20(8-3-16)31(34)35/h2-13H,14-15H2,1H3/b22-13-. The van der Waals surface area contributed by atoms with E-state index in [1.165, 1.54) is 29.0 Å². The van der Waals surface area contributed by atoms with E-state index in [0.717, 1.165) is 5.56 Å². The lowest BCUT2D eigenvalue weighted by atomic mass is 10.1. The Morgan fingerprint density at radius 2 is 1.76 bits per heavy atom. The third-order valence-corrected chi connectivity index (χ3v) is 6.49. The zero-order valence-corrected chi connectivity index (χ0v) is 22.1. The van der Waals surface area contributed by atoms with Crippen LogP contribution in [0.3, 0.4) is 0 Å². The summed E-state index contributed by atoms with van der Waals surface area (Å²) in [5.74, 6) is -0.623. The molecule has 4 rings (SSSR count). The van der Waals surface area contributed by atoms with Crippen molar-refractivity contribution in [3.63, 3.8) is 0 Å². The van der Waals surface area contributed by atoms with Crippen LogP contribution in [0.5, 0.6) is 5.75 Å². The van der Waals surface area contributed by atoms with Gasteiger partial charge in [0.05, 0.1) is 22.7 Å². The molecule has 0 unspecified atom stereocenters. The van der Waals surface area contributed by atoms with Gasteiger partial charge < -0.3 is 14.4 Å². The van der Waals surface area contributed by atoms with Gasteiger partial charge in [0.15, 0.2) is 5.11 Å². The molecule has 0 aromatic heterocycles. The number of esters is 1. The summed E-state index contributed by atoms with van der Waals surface area (Å²) in [6, 6.07) is 17.5. The molecule has 0 N–H and O–H groups in total. The quantitative estimate of drug-likeness (QED) is 0.113. The summed E-state index contributed by atoms with van der Waals surface area (Å²) in [6.45, 7) is -0.116. The number of nitro groups is 1. The number of hydrogen-bond acceptors (Lipinski definition) is 7. The van der Waals surface area contributed by atoms with Crippen LogP contribution in [-0.2, 0) is 20.9 Å². The maximum atomic E-state index is 13.4. The molecule has 1 heterocycles. The van der Waals surface area contributed by atoms with E-state index < -0.39 is 16.8 Å². The Balaban J connectivity index is 1.58. The molecule has 3 aromatic carbocycles. The average molecular weight is 572 g/mol. The van der Waals surface area contributed by atoms with E-state index >= 15 is 0 Å². The molecule has 1 fully saturated rings. The first-order valence-electron chi connectivity index (χ1n) is 11.0. The molecule has 1 aliphatic rings. The van der Waals surface area contributed by atoms with Crippen molar-refractivity contribution < 1.29 is 24.0 Å². The van der Waals surface area contributed by atoms with Crippen LogP contribution < -0.4 is 9.64 Å². The van der Waals surface area contributed by atoms with Gasteiger partial charge >= 0.3 is 5.97 Å². The number of carbonyl (C=O) groups excluding carboxylic acids is 2. The number of thiocarbonyl (C=S) groups is 1. The van der Waals surface area contributed by atoms with Gasteiger partial charge in [0.25, 0.3) is 11.6 Å². The maximum Gasteiger partial charge on any atom is 0.325 e. The monoisotopic (exact) mass is 571 g/mol. The number of benzene rings is 3. The zero-order chi connectivity index (χ0) is 27.4. The molecule has 0 radical (unpaired) electrons. The van der Waals surface area contributed by atoms with E-state index in [9.17, 15) is 19.7 Å². The Morgan fingerprint density at radius 3 is 2.37 bits per heavy atom. The van der Waals surface area contributed by atoms with E-state index in [4.69, 9.17) is 44.9 Å². The minimum absolute atomic E-state index is 0.0130. The molecule has 12 heteroatoms. The number of nitro benzene ring substituents is 1. The molecule has 0 spiro atoms. The number of ether oxygens (including phenoxy) is 2. The minimum Gasteiger partial charge on any atom is -0.487 e. The number of nitrogens with zero attached hydrogens (tertiary/aromatic N) is 3. The molecule has 1 amide bonds. The highest BCUT2D eigenvalue weighted by Gasteiger charge is 2.40. The van der Waals surface area contributed by atoms with Gasteiger partial charge in [0.1, 0.15) is 24.6 Å². The number of anilines is 1. The normalized spacial score (nSPS) is 14.2. The van der Waals surface area contributed by atoms with Gasteiger partial charge in [-0.05, 0) is 78.0 Å². The van der Waals surface area contributed by atoms with Crippen molar-refractivity contribution in [3.05, 3.63) is 104 Å². The zero-order valence-electron chi connectivity index (χ0n) is 19.8. The van der Waals surface area contributed by atoms with Crippen LogP contribution in [0, 0.1) is 10.1 Å². The van der Waals surface area contributed by atoms with Crippen molar-refractivity contribution in [2.24, 2.45) is 0 Å². The summed E-state index contributed by atoms with van der Waals surface area (Å²) in [5.41, 5.74) is 1.93. The van der Waals surface area contributed by atoms with Crippen molar-refractivity contribution in [3.8, 4) is 5.75 Å². The van der Waals surface area contributed by atoms with Crippen LogP contribution in [0.15, 0.2) is 72.4 Å². The molecule has 194 valence electrons. The summed E-state index contributed by atoms with van der Waals surface area (Å²) in [5, 5.41) is 11.7. The van der Waals surface area contributed by atoms with Crippen molar-refractivity contribution in [1.82, 2.24) is 4.90 Å². The van der Waals surface area contributed by atoms with E-state index in [0.29, 0.717) is 22.0 Å². The number of non-ortho nitro benzene ring substituents is 1. The van der Waals surface area contributed by atoms with Crippen molar-refractivity contribution in [2.75, 3.05) is 18.6 Å². The second-order valence-electron chi connectivity index (χ2n) is 7.99. The van der Waals surface area contributed by atoms with Gasteiger partial charge in [-0.15, -0.1) is 0 Å². The predicted molar refractivity (Wildman–Crippen MR) is 147 cm³/mol. The van der Waals surface area contributed by atoms with Crippen LogP contribution in [0.4, 0.5) is 11.4 Å². The molecule has 1 aliphatic heterocycles. The summed E-state index contributed by atoms with van der Waals surface area (Å²) in [6.07, 6.45) is 1.57. The van der Waals surface area contributed by atoms with Crippen LogP contribution in [0.25, 0.3) is 6.08 Å². The van der Waals surface area contributed by atoms with E-state index in [1.807, 2.05) is 0 Å². The van der Waals surface area contributed by atoms with Crippen molar-refractivity contribution in [1.29, 1.82) is 0 Å². The van der Waals surface area contributed by atoms with E-state index in [2.05, 4.69) is 0 Å². The Hall–Kier alpha value is -3.99. The molecule has 38 heavy (non-hydrogen) atoms. The first-order valence-corrected chi connectivity index (χ1v) is 12.2.